The maximum atomic E-state index is 11.6. The number of rotatable bonds is 2. The maximum Gasteiger partial charge on any atom is 0.222 e. The lowest BCUT2D eigenvalue weighted by Crippen LogP contribution is -2.08. The van der Waals surface area contributed by atoms with E-state index in [4.69, 9.17) is 0 Å². The van der Waals surface area contributed by atoms with Crippen LogP contribution in [0.3, 0.4) is 0 Å². The first-order chi connectivity index (χ1) is 12.2. The van der Waals surface area contributed by atoms with Gasteiger partial charge < -0.3 is 5.32 Å². The van der Waals surface area contributed by atoms with E-state index in [1.165, 1.54) is 18.3 Å². The average molecular weight is 364 g/mol. The predicted molar refractivity (Wildman–Crippen MR) is 101 cm³/mol. The molecule has 4 heterocycles. The number of nitrogens with one attached hydrogen (secondary N) is 1. The van der Waals surface area contributed by atoms with Crippen LogP contribution in [0.15, 0.2) is 48.1 Å². The maximum absolute atomic E-state index is 11.6. The number of nitrogens with zero attached hydrogens (tertiary/aromatic N) is 3. The van der Waals surface area contributed by atoms with Crippen LogP contribution in [0.1, 0.15) is 17.5 Å². The second-order valence-corrected chi connectivity index (χ2v) is 7.13. The third kappa shape index (κ3) is 3.18. The minimum atomic E-state index is -0.124. The number of thiophene rings is 1. The van der Waals surface area contributed by atoms with Gasteiger partial charge in [-0.05, 0) is 36.1 Å². The number of imidazole rings is 1. The summed E-state index contributed by atoms with van der Waals surface area (Å²) in [6, 6.07) is 9.59. The zero-order valence-corrected chi connectivity index (χ0v) is 14.8. The van der Waals surface area contributed by atoms with Crippen molar-refractivity contribution in [3.8, 4) is 22.4 Å². The minimum Gasteiger partial charge on any atom is -0.310 e. The molecule has 0 bridgehead atoms. The van der Waals surface area contributed by atoms with Gasteiger partial charge in [0.25, 0.3) is 0 Å². The first-order valence-electron chi connectivity index (χ1n) is 7.47. The summed E-state index contributed by atoms with van der Waals surface area (Å²) in [7, 11) is 0. The normalized spacial score (nSPS) is 10.4. The fourth-order valence-corrected chi connectivity index (χ4v) is 3.90. The summed E-state index contributed by atoms with van der Waals surface area (Å²) in [5.41, 5.74) is 1.50. The molecule has 0 aliphatic rings. The van der Waals surface area contributed by atoms with Crippen LogP contribution in [0, 0.1) is 11.8 Å². The van der Waals surface area contributed by atoms with E-state index in [0.29, 0.717) is 5.82 Å². The Morgan fingerprint density at radius 2 is 2.16 bits per heavy atom. The number of fused-ring (bicyclic) bond motifs is 1. The molecule has 0 saturated heterocycles. The van der Waals surface area contributed by atoms with Gasteiger partial charge in [0, 0.05) is 24.7 Å². The molecule has 0 fully saturated rings. The summed E-state index contributed by atoms with van der Waals surface area (Å²) in [5, 5.41) is 4.82. The van der Waals surface area contributed by atoms with Crippen molar-refractivity contribution in [2.24, 2.45) is 0 Å². The Morgan fingerprint density at radius 3 is 2.96 bits per heavy atom. The van der Waals surface area contributed by atoms with Gasteiger partial charge in [-0.1, -0.05) is 6.07 Å². The van der Waals surface area contributed by atoms with E-state index in [0.717, 1.165) is 26.1 Å². The predicted octanol–water partition coefficient (Wildman–Crippen LogP) is 3.88. The van der Waals surface area contributed by atoms with Crippen LogP contribution in [0.25, 0.3) is 15.5 Å². The molecule has 5 nitrogen and oxygen atoms in total. The summed E-state index contributed by atoms with van der Waals surface area (Å²) in [6.07, 6.45) is 3.62. The number of hydrogen-bond acceptors (Lipinski definition) is 5. The molecule has 0 aliphatic heterocycles. The molecule has 1 amide bonds. The fourth-order valence-electron chi connectivity index (χ4n) is 2.34. The smallest absolute Gasteiger partial charge is 0.222 e. The van der Waals surface area contributed by atoms with Gasteiger partial charge in [-0.3, -0.25) is 9.20 Å². The quantitative estimate of drug-likeness (QED) is 0.549. The zero-order chi connectivity index (χ0) is 17.2. The van der Waals surface area contributed by atoms with Gasteiger partial charge in [0.15, 0.2) is 4.96 Å². The number of hydrogen-bond donors (Lipinski definition) is 1. The van der Waals surface area contributed by atoms with Gasteiger partial charge in [-0.15, -0.1) is 22.7 Å². The highest BCUT2D eigenvalue weighted by atomic mass is 32.1. The average Bonchev–Trinajstić information content (AvgIpc) is 3.31. The molecule has 0 unspecified atom stereocenters. The van der Waals surface area contributed by atoms with Crippen LogP contribution < -0.4 is 5.32 Å². The zero-order valence-electron chi connectivity index (χ0n) is 13.2. The summed E-state index contributed by atoms with van der Waals surface area (Å²) in [4.78, 5) is 23.1. The minimum absolute atomic E-state index is 0.124. The van der Waals surface area contributed by atoms with Crippen LogP contribution in [-0.4, -0.2) is 20.3 Å². The summed E-state index contributed by atoms with van der Waals surface area (Å²) in [5.74, 6) is 6.74. The van der Waals surface area contributed by atoms with Gasteiger partial charge >= 0.3 is 0 Å². The van der Waals surface area contributed by atoms with Crippen molar-refractivity contribution in [2.45, 2.75) is 6.92 Å². The van der Waals surface area contributed by atoms with Gasteiger partial charge in [0.1, 0.15) is 17.2 Å². The largest absolute Gasteiger partial charge is 0.310 e. The molecule has 4 aromatic rings. The van der Waals surface area contributed by atoms with Crippen molar-refractivity contribution < 1.29 is 4.79 Å². The lowest BCUT2D eigenvalue weighted by atomic mass is 10.3. The Morgan fingerprint density at radius 1 is 1.24 bits per heavy atom. The van der Waals surface area contributed by atoms with Crippen molar-refractivity contribution >= 4 is 39.4 Å². The molecule has 25 heavy (non-hydrogen) atoms. The Bertz CT molecular complexity index is 1110. The Labute approximate surface area is 152 Å². The second kappa shape index (κ2) is 6.51. The molecular formula is C18H12N4OS2. The molecule has 0 aromatic carbocycles. The molecular weight excluding hydrogens is 352 g/mol. The van der Waals surface area contributed by atoms with Gasteiger partial charge in [0.2, 0.25) is 5.91 Å². The van der Waals surface area contributed by atoms with E-state index in [1.807, 2.05) is 46.3 Å². The van der Waals surface area contributed by atoms with Crippen molar-refractivity contribution in [3.63, 3.8) is 0 Å². The molecule has 4 rings (SSSR count). The highest BCUT2D eigenvalue weighted by Crippen LogP contribution is 2.34. The number of amides is 1. The summed E-state index contributed by atoms with van der Waals surface area (Å²) >= 11 is 3.07. The molecule has 0 aliphatic carbocycles. The highest BCUT2D eigenvalue weighted by Gasteiger charge is 2.17. The second-order valence-electron chi connectivity index (χ2n) is 5.17. The Kier molecular flexibility index (Phi) is 4.06. The van der Waals surface area contributed by atoms with Crippen molar-refractivity contribution in [3.05, 3.63) is 58.7 Å². The topological polar surface area (TPSA) is 59.3 Å². The van der Waals surface area contributed by atoms with E-state index >= 15 is 0 Å². The third-order valence-corrected chi connectivity index (χ3v) is 5.14. The van der Waals surface area contributed by atoms with Gasteiger partial charge in [-0.25, -0.2) is 9.97 Å². The molecule has 0 spiro atoms. The monoisotopic (exact) mass is 364 g/mol. The molecule has 1 N–H and O–H groups in total. The van der Waals surface area contributed by atoms with Crippen LogP contribution in [0.4, 0.5) is 5.82 Å². The number of aromatic nitrogens is 3. The van der Waals surface area contributed by atoms with Crippen molar-refractivity contribution in [1.82, 2.24) is 14.4 Å². The van der Waals surface area contributed by atoms with E-state index in [9.17, 15) is 4.79 Å². The molecule has 4 aromatic heterocycles. The van der Waals surface area contributed by atoms with Crippen molar-refractivity contribution in [1.29, 1.82) is 0 Å². The molecule has 0 radical (unpaired) electrons. The summed E-state index contributed by atoms with van der Waals surface area (Å²) in [6.45, 7) is 1.49. The first kappa shape index (κ1) is 15.6. The SMILES string of the molecule is CC(=O)Nc1c(-c2ccc(C#Cc3ccccn3)s2)nc2sccn12. The number of thiazole rings is 1. The molecule has 122 valence electrons. The lowest BCUT2D eigenvalue weighted by Gasteiger charge is -2.02. The van der Waals surface area contributed by atoms with Crippen LogP contribution in [0.2, 0.25) is 0 Å². The van der Waals surface area contributed by atoms with Crippen LogP contribution in [0.5, 0.6) is 0 Å². The molecule has 0 saturated carbocycles. The summed E-state index contributed by atoms with van der Waals surface area (Å²) < 4.78 is 1.89. The van der Waals surface area contributed by atoms with Crippen molar-refractivity contribution in [2.75, 3.05) is 5.32 Å². The number of anilines is 1. The van der Waals surface area contributed by atoms with E-state index in [-0.39, 0.29) is 5.91 Å². The van der Waals surface area contributed by atoms with E-state index in [2.05, 4.69) is 27.1 Å². The molecule has 7 heteroatoms. The first-order valence-corrected chi connectivity index (χ1v) is 9.17. The van der Waals surface area contributed by atoms with Gasteiger partial charge in [0.05, 0.1) is 9.75 Å². The highest BCUT2D eigenvalue weighted by molar-refractivity contribution is 7.16. The van der Waals surface area contributed by atoms with E-state index in [1.54, 1.807) is 17.5 Å². The number of pyridine rings is 1. The number of carbonyl (C=O) groups excluding carboxylic acids is 1. The van der Waals surface area contributed by atoms with Crippen LogP contribution in [-0.2, 0) is 4.79 Å². The standard InChI is InChI=1S/C18H12N4OS2/c1-12(23)20-17-16(21-18-22(17)10-11-24-18)15-8-7-14(25-15)6-5-13-4-2-3-9-19-13/h2-4,7-11H,1H3,(H,20,23). The van der Waals surface area contributed by atoms with Crippen LogP contribution >= 0.6 is 22.7 Å². The van der Waals surface area contributed by atoms with E-state index < -0.39 is 0 Å². The lowest BCUT2D eigenvalue weighted by molar-refractivity contribution is -0.114. The third-order valence-electron chi connectivity index (χ3n) is 3.37. The Hall–Kier alpha value is -2.95. The Balaban J connectivity index is 1.71. The number of carbonyl (C=O) groups is 1. The molecule has 0 atom stereocenters. The fraction of sp³-hybridized carbons (Fsp3) is 0.0556. The van der Waals surface area contributed by atoms with Gasteiger partial charge in [-0.2, -0.15) is 0 Å².